The second-order valence-electron chi connectivity index (χ2n) is 5.46. The van der Waals surface area contributed by atoms with Crippen LogP contribution in [0.2, 0.25) is 0 Å². The number of furan rings is 1. The predicted octanol–water partition coefficient (Wildman–Crippen LogP) is 2.56. The number of aliphatic hydroxyl groups excluding tert-OH is 1. The van der Waals surface area contributed by atoms with E-state index in [1.807, 2.05) is 37.4 Å². The number of anilines is 2. The summed E-state index contributed by atoms with van der Waals surface area (Å²) in [6, 6.07) is 7.91. The van der Waals surface area contributed by atoms with Gasteiger partial charge in [-0.25, -0.2) is 4.98 Å². The average Bonchev–Trinajstić information content (AvgIpc) is 2.92. The fourth-order valence-electron chi connectivity index (χ4n) is 2.63. The molecule has 2 aromatic rings. The molecule has 0 saturated carbocycles. The van der Waals surface area contributed by atoms with Crippen molar-refractivity contribution in [2.75, 3.05) is 23.3 Å². The van der Waals surface area contributed by atoms with Gasteiger partial charge in [-0.15, -0.1) is 0 Å². The number of nitrogens with zero attached hydrogens (tertiary/aromatic N) is 2. The molecule has 3 heterocycles. The van der Waals surface area contributed by atoms with Gasteiger partial charge in [0.2, 0.25) is 0 Å². The first-order valence-corrected chi connectivity index (χ1v) is 7.39. The van der Waals surface area contributed by atoms with Crippen molar-refractivity contribution in [1.82, 2.24) is 4.98 Å². The van der Waals surface area contributed by atoms with Crippen LogP contribution < -0.4 is 10.2 Å². The maximum atomic E-state index is 9.62. The lowest BCUT2D eigenvalue weighted by Gasteiger charge is -2.31. The number of aryl methyl sites for hydroxylation is 1. The van der Waals surface area contributed by atoms with Crippen LogP contribution >= 0.6 is 0 Å². The molecule has 0 atom stereocenters. The second kappa shape index (κ2) is 6.18. The Hall–Kier alpha value is -2.01. The Morgan fingerprint density at radius 2 is 2.14 bits per heavy atom. The molecule has 21 heavy (non-hydrogen) atoms. The molecule has 0 aromatic carbocycles. The van der Waals surface area contributed by atoms with E-state index in [1.165, 1.54) is 0 Å². The molecule has 2 aromatic heterocycles. The summed E-state index contributed by atoms with van der Waals surface area (Å²) in [5.41, 5.74) is 1.00. The monoisotopic (exact) mass is 287 g/mol. The smallest absolute Gasteiger partial charge is 0.151 e. The van der Waals surface area contributed by atoms with Crippen LogP contribution in [0.4, 0.5) is 11.5 Å². The predicted molar refractivity (Wildman–Crippen MR) is 82.5 cm³/mol. The SMILES string of the molecule is Cc1ccc(CNc2cccnc2N2CCC(O)CC2)o1. The van der Waals surface area contributed by atoms with Gasteiger partial charge in [0.15, 0.2) is 5.82 Å². The molecule has 2 N–H and O–H groups in total. The summed E-state index contributed by atoms with van der Waals surface area (Å²) in [5, 5.41) is 13.0. The highest BCUT2D eigenvalue weighted by Gasteiger charge is 2.20. The van der Waals surface area contributed by atoms with Crippen LogP contribution in [0.3, 0.4) is 0 Å². The molecule has 5 nitrogen and oxygen atoms in total. The first-order valence-electron chi connectivity index (χ1n) is 7.39. The van der Waals surface area contributed by atoms with Gasteiger partial charge >= 0.3 is 0 Å². The maximum Gasteiger partial charge on any atom is 0.151 e. The first kappa shape index (κ1) is 13.9. The average molecular weight is 287 g/mol. The summed E-state index contributed by atoms with van der Waals surface area (Å²) in [4.78, 5) is 6.72. The number of aliphatic hydroxyl groups is 1. The van der Waals surface area contributed by atoms with Crippen molar-refractivity contribution in [3.8, 4) is 0 Å². The molecule has 0 amide bonds. The highest BCUT2D eigenvalue weighted by Crippen LogP contribution is 2.26. The first-order chi connectivity index (χ1) is 10.2. The van der Waals surface area contributed by atoms with Crippen LogP contribution in [-0.2, 0) is 6.54 Å². The molecular weight excluding hydrogens is 266 g/mol. The largest absolute Gasteiger partial charge is 0.465 e. The van der Waals surface area contributed by atoms with Gasteiger partial charge in [0, 0.05) is 19.3 Å². The summed E-state index contributed by atoms with van der Waals surface area (Å²) in [7, 11) is 0. The lowest BCUT2D eigenvalue weighted by atomic mass is 10.1. The summed E-state index contributed by atoms with van der Waals surface area (Å²) in [5.74, 6) is 2.78. The normalized spacial score (nSPS) is 16.2. The van der Waals surface area contributed by atoms with Gasteiger partial charge in [-0.2, -0.15) is 0 Å². The van der Waals surface area contributed by atoms with Gasteiger partial charge in [-0.1, -0.05) is 0 Å². The van der Waals surface area contributed by atoms with Gasteiger partial charge in [-0.05, 0) is 44.0 Å². The van der Waals surface area contributed by atoms with E-state index in [9.17, 15) is 5.11 Å². The van der Waals surface area contributed by atoms with E-state index < -0.39 is 0 Å². The Labute approximate surface area is 124 Å². The van der Waals surface area contributed by atoms with Crippen LogP contribution in [0.5, 0.6) is 0 Å². The Morgan fingerprint density at radius 1 is 1.33 bits per heavy atom. The Morgan fingerprint density at radius 3 is 2.86 bits per heavy atom. The Balaban J connectivity index is 1.70. The van der Waals surface area contributed by atoms with Crippen molar-refractivity contribution in [2.45, 2.75) is 32.4 Å². The summed E-state index contributed by atoms with van der Waals surface area (Å²) < 4.78 is 5.58. The van der Waals surface area contributed by atoms with Gasteiger partial charge in [0.05, 0.1) is 18.3 Å². The topological polar surface area (TPSA) is 61.5 Å². The standard InChI is InChI=1S/C16H21N3O2/c1-12-4-5-14(21-12)11-18-15-3-2-8-17-16(15)19-9-6-13(20)7-10-19/h2-5,8,13,18,20H,6-7,9-11H2,1H3. The van der Waals surface area contributed by atoms with Crippen molar-refractivity contribution in [2.24, 2.45) is 0 Å². The van der Waals surface area contributed by atoms with Gasteiger partial charge in [-0.3, -0.25) is 0 Å². The van der Waals surface area contributed by atoms with Gasteiger partial charge < -0.3 is 19.7 Å². The number of rotatable bonds is 4. The Bertz CT molecular complexity index is 589. The number of aromatic nitrogens is 1. The van der Waals surface area contributed by atoms with Crippen LogP contribution in [0.25, 0.3) is 0 Å². The number of pyridine rings is 1. The number of nitrogens with one attached hydrogen (secondary N) is 1. The van der Waals surface area contributed by atoms with Crippen molar-refractivity contribution >= 4 is 11.5 Å². The fourth-order valence-corrected chi connectivity index (χ4v) is 2.63. The highest BCUT2D eigenvalue weighted by molar-refractivity contribution is 5.65. The second-order valence-corrected chi connectivity index (χ2v) is 5.46. The zero-order valence-electron chi connectivity index (χ0n) is 12.2. The van der Waals surface area contributed by atoms with Crippen molar-refractivity contribution in [3.05, 3.63) is 42.0 Å². The van der Waals surface area contributed by atoms with Gasteiger partial charge in [0.25, 0.3) is 0 Å². The van der Waals surface area contributed by atoms with E-state index in [4.69, 9.17) is 4.42 Å². The van der Waals surface area contributed by atoms with E-state index in [0.717, 1.165) is 49.0 Å². The number of hydrogen-bond donors (Lipinski definition) is 2. The maximum absolute atomic E-state index is 9.62. The third kappa shape index (κ3) is 3.36. The zero-order valence-corrected chi connectivity index (χ0v) is 12.2. The molecule has 0 spiro atoms. The Kier molecular flexibility index (Phi) is 4.10. The molecule has 0 aliphatic carbocycles. The minimum Gasteiger partial charge on any atom is -0.465 e. The summed E-state index contributed by atoms with van der Waals surface area (Å²) in [6.07, 6.45) is 3.23. The van der Waals surface area contributed by atoms with Crippen molar-refractivity contribution in [1.29, 1.82) is 0 Å². The fraction of sp³-hybridized carbons (Fsp3) is 0.438. The van der Waals surface area contributed by atoms with E-state index >= 15 is 0 Å². The van der Waals surface area contributed by atoms with Crippen LogP contribution in [0.15, 0.2) is 34.9 Å². The summed E-state index contributed by atoms with van der Waals surface area (Å²) in [6.45, 7) is 4.26. The quantitative estimate of drug-likeness (QED) is 0.905. The third-order valence-corrected chi connectivity index (χ3v) is 3.80. The van der Waals surface area contributed by atoms with Crippen LogP contribution in [0.1, 0.15) is 24.4 Å². The molecule has 1 aliphatic heterocycles. The molecule has 112 valence electrons. The summed E-state index contributed by atoms with van der Waals surface area (Å²) >= 11 is 0. The van der Waals surface area contributed by atoms with Crippen LogP contribution in [0, 0.1) is 6.92 Å². The zero-order chi connectivity index (χ0) is 14.7. The van der Waals surface area contributed by atoms with E-state index in [1.54, 1.807) is 0 Å². The minimum absolute atomic E-state index is 0.174. The van der Waals surface area contributed by atoms with E-state index in [0.29, 0.717) is 6.54 Å². The van der Waals surface area contributed by atoms with E-state index in [-0.39, 0.29) is 6.10 Å². The lowest BCUT2D eigenvalue weighted by molar-refractivity contribution is 0.145. The molecule has 0 bridgehead atoms. The molecule has 1 aliphatic rings. The van der Waals surface area contributed by atoms with E-state index in [2.05, 4.69) is 15.2 Å². The van der Waals surface area contributed by atoms with Crippen molar-refractivity contribution < 1.29 is 9.52 Å². The van der Waals surface area contributed by atoms with Crippen LogP contribution in [-0.4, -0.2) is 29.3 Å². The molecule has 1 fully saturated rings. The molecule has 1 saturated heterocycles. The molecule has 5 heteroatoms. The number of piperidine rings is 1. The third-order valence-electron chi connectivity index (χ3n) is 3.80. The van der Waals surface area contributed by atoms with Gasteiger partial charge in [0.1, 0.15) is 11.5 Å². The lowest BCUT2D eigenvalue weighted by Crippen LogP contribution is -2.36. The molecular formula is C16H21N3O2. The number of hydrogen-bond acceptors (Lipinski definition) is 5. The highest BCUT2D eigenvalue weighted by atomic mass is 16.3. The molecule has 3 rings (SSSR count). The van der Waals surface area contributed by atoms with Crippen molar-refractivity contribution in [3.63, 3.8) is 0 Å². The molecule has 0 unspecified atom stereocenters. The minimum atomic E-state index is -0.174. The molecule has 0 radical (unpaired) electrons.